The van der Waals surface area contributed by atoms with Gasteiger partial charge in [0.1, 0.15) is 0 Å². The van der Waals surface area contributed by atoms with E-state index in [-0.39, 0.29) is 22.8 Å². The fourth-order valence-electron chi connectivity index (χ4n) is 13.1. The van der Waals surface area contributed by atoms with Crippen molar-refractivity contribution in [2.24, 2.45) is 45.8 Å². The van der Waals surface area contributed by atoms with Gasteiger partial charge in [0.05, 0.1) is 11.7 Å². The second kappa shape index (κ2) is 13.1. The number of unbranched alkanes of at least 4 members (excludes halogenated alkanes) is 2. The maximum Gasteiger partial charge on any atom is 0.220 e. The lowest BCUT2D eigenvalue weighted by atomic mass is 9.56. The van der Waals surface area contributed by atoms with Crippen LogP contribution in [0, 0.1) is 45.8 Å². The summed E-state index contributed by atoms with van der Waals surface area (Å²) in [5.41, 5.74) is 2.53. The first kappa shape index (κ1) is 34.7. The molecule has 2 saturated heterocycles. The first-order valence-electron chi connectivity index (χ1n) is 20.1. The van der Waals surface area contributed by atoms with Gasteiger partial charge in [-0.15, -0.1) is 0 Å². The van der Waals surface area contributed by atoms with Crippen molar-refractivity contribution < 1.29 is 19.1 Å². The van der Waals surface area contributed by atoms with Gasteiger partial charge in [0.2, 0.25) is 11.8 Å². The number of nitrogens with zero attached hydrogens (tertiary/aromatic N) is 1. The standard InChI is InChI=1S/C41H65N3O4/c1-6-10-35(46)42-18-9-7-8-11-36(47)43-19-20-44-24-27(2)21-34-37(44)28(3)41(48-34)17-15-32-31-13-12-29-22-30(45)14-16-39(29,5)33(31)23-40(32)25-38(40,4)26-41/h22,27-28,31-34,37H,6-21,23-26H2,1-5H3,(H,42,46)(H,43,47)/t27-,28+,31-,32-,33-,34+,37-,38?,39-,40?,41-/m0/s1. The smallest absolute Gasteiger partial charge is 0.220 e. The molecule has 7 aliphatic rings. The zero-order chi connectivity index (χ0) is 33.9. The highest BCUT2D eigenvalue weighted by Gasteiger charge is 2.77. The molecule has 2 unspecified atom stereocenters. The van der Waals surface area contributed by atoms with E-state index in [1.165, 1.54) is 44.1 Å². The number of allylic oxidation sites excluding steroid dienone is 2. The summed E-state index contributed by atoms with van der Waals surface area (Å²) in [7, 11) is 0. The van der Waals surface area contributed by atoms with Crippen molar-refractivity contribution in [3.05, 3.63) is 11.6 Å². The zero-order valence-electron chi connectivity index (χ0n) is 30.8. The molecule has 2 N–H and O–H groups in total. The van der Waals surface area contributed by atoms with Gasteiger partial charge >= 0.3 is 0 Å². The number of hydrogen-bond donors (Lipinski definition) is 2. The summed E-state index contributed by atoms with van der Waals surface area (Å²) >= 11 is 0. The topological polar surface area (TPSA) is 87.7 Å². The Morgan fingerprint density at radius 3 is 2.56 bits per heavy atom. The Labute approximate surface area is 290 Å². The predicted octanol–water partition coefficient (Wildman–Crippen LogP) is 6.99. The molecule has 2 aliphatic heterocycles. The molecule has 6 fully saturated rings. The molecule has 2 spiro atoms. The van der Waals surface area contributed by atoms with Gasteiger partial charge in [0.15, 0.2) is 5.78 Å². The van der Waals surface area contributed by atoms with E-state index in [9.17, 15) is 14.4 Å². The monoisotopic (exact) mass is 663 g/mol. The summed E-state index contributed by atoms with van der Waals surface area (Å²) in [5.74, 6) is 4.11. The highest BCUT2D eigenvalue weighted by atomic mass is 16.5. The minimum atomic E-state index is -0.0319. The molecular weight excluding hydrogens is 598 g/mol. The number of likely N-dealkylation sites (tertiary alicyclic amines) is 1. The number of ether oxygens (including phenoxy) is 1. The van der Waals surface area contributed by atoms with Crippen LogP contribution in [0.15, 0.2) is 11.6 Å². The van der Waals surface area contributed by atoms with Crippen molar-refractivity contribution in [2.75, 3.05) is 26.2 Å². The Hall–Kier alpha value is -1.73. The SMILES string of the molecule is CCCC(=O)NCCCCCC(=O)NCCN1C[C@@H](C)C[C@H]2O[C@]3(CC[C@H]4[C@@H]5CCC6=CC(=O)CC[C@]6(C)[C@H]5CC45CC5(C)C3)[C@H](C)[C@@H]21. The number of fused-ring (bicyclic) bond motifs is 5. The van der Waals surface area contributed by atoms with Crippen LogP contribution in [-0.4, -0.2) is 66.4 Å². The molecule has 0 bridgehead atoms. The van der Waals surface area contributed by atoms with Crippen LogP contribution in [0.5, 0.6) is 0 Å². The molecule has 7 heteroatoms. The van der Waals surface area contributed by atoms with Crippen molar-refractivity contribution in [3.63, 3.8) is 0 Å². The molecule has 0 aromatic heterocycles. The average molecular weight is 664 g/mol. The number of nitrogens with one attached hydrogen (secondary N) is 2. The number of carbonyl (C=O) groups excluding carboxylic acids is 3. The van der Waals surface area contributed by atoms with Crippen LogP contribution in [0.4, 0.5) is 0 Å². The first-order valence-corrected chi connectivity index (χ1v) is 20.1. The summed E-state index contributed by atoms with van der Waals surface area (Å²) in [6.45, 7) is 15.5. The molecule has 5 aliphatic carbocycles. The molecule has 4 saturated carbocycles. The Morgan fingerprint density at radius 1 is 0.958 bits per heavy atom. The summed E-state index contributed by atoms with van der Waals surface area (Å²) < 4.78 is 7.40. The van der Waals surface area contributed by atoms with Crippen LogP contribution in [0.3, 0.4) is 0 Å². The normalized spacial score (nSPS) is 44.5. The van der Waals surface area contributed by atoms with Gasteiger partial charge < -0.3 is 15.4 Å². The number of ketones is 1. The van der Waals surface area contributed by atoms with Gasteiger partial charge in [0, 0.05) is 57.4 Å². The van der Waals surface area contributed by atoms with E-state index in [1.54, 1.807) is 0 Å². The third-order valence-corrected chi connectivity index (χ3v) is 15.5. The van der Waals surface area contributed by atoms with Crippen LogP contribution in [0.25, 0.3) is 0 Å². The van der Waals surface area contributed by atoms with Gasteiger partial charge in [-0.25, -0.2) is 0 Å². The first-order chi connectivity index (χ1) is 22.9. The van der Waals surface area contributed by atoms with Gasteiger partial charge in [-0.05, 0) is 123 Å². The molecule has 7 rings (SSSR count). The molecule has 2 amide bonds. The summed E-state index contributed by atoms with van der Waals surface area (Å²) in [4.78, 5) is 39.4. The Bertz CT molecular complexity index is 1300. The van der Waals surface area contributed by atoms with Crippen LogP contribution < -0.4 is 10.6 Å². The third kappa shape index (κ3) is 5.93. The summed E-state index contributed by atoms with van der Waals surface area (Å²) in [6.07, 6.45) is 19.0. The van der Waals surface area contributed by atoms with Crippen molar-refractivity contribution in [3.8, 4) is 0 Å². The fraction of sp³-hybridized carbons (Fsp3) is 0.878. The second-order valence-corrected chi connectivity index (χ2v) is 18.4. The minimum absolute atomic E-state index is 0.0319. The number of piperidine rings is 1. The fourth-order valence-corrected chi connectivity index (χ4v) is 13.1. The molecule has 2 heterocycles. The maximum absolute atomic E-state index is 12.7. The van der Waals surface area contributed by atoms with E-state index in [4.69, 9.17) is 4.74 Å². The lowest BCUT2D eigenvalue weighted by molar-refractivity contribution is -0.122. The van der Waals surface area contributed by atoms with E-state index in [0.717, 1.165) is 82.2 Å². The highest BCUT2D eigenvalue weighted by Crippen LogP contribution is 2.83. The van der Waals surface area contributed by atoms with E-state index in [1.807, 2.05) is 6.92 Å². The molecule has 0 aromatic carbocycles. The Kier molecular flexibility index (Phi) is 9.48. The van der Waals surface area contributed by atoms with Crippen molar-refractivity contribution in [1.29, 1.82) is 0 Å². The Morgan fingerprint density at radius 2 is 1.75 bits per heavy atom. The molecule has 11 atom stereocenters. The number of carbonyl (C=O) groups is 3. The highest BCUT2D eigenvalue weighted by molar-refractivity contribution is 5.91. The van der Waals surface area contributed by atoms with Crippen LogP contribution in [0.1, 0.15) is 137 Å². The number of hydrogen-bond acceptors (Lipinski definition) is 5. The average Bonchev–Trinajstić information content (AvgIpc) is 3.34. The van der Waals surface area contributed by atoms with Gasteiger partial charge in [0.25, 0.3) is 0 Å². The van der Waals surface area contributed by atoms with E-state index < -0.39 is 0 Å². The maximum atomic E-state index is 12.7. The minimum Gasteiger partial charge on any atom is -0.370 e. The molecule has 7 nitrogen and oxygen atoms in total. The lowest BCUT2D eigenvalue weighted by Crippen LogP contribution is -2.53. The summed E-state index contributed by atoms with van der Waals surface area (Å²) in [5, 5.41) is 6.20. The van der Waals surface area contributed by atoms with E-state index in [2.05, 4.69) is 49.3 Å². The Balaban J connectivity index is 0.948. The largest absolute Gasteiger partial charge is 0.370 e. The second-order valence-electron chi connectivity index (χ2n) is 18.4. The third-order valence-electron chi connectivity index (χ3n) is 15.5. The number of rotatable bonds is 11. The molecule has 0 radical (unpaired) electrons. The number of amides is 2. The zero-order valence-corrected chi connectivity index (χ0v) is 30.8. The van der Waals surface area contributed by atoms with E-state index >= 15 is 0 Å². The van der Waals surface area contributed by atoms with Gasteiger partial charge in [-0.2, -0.15) is 0 Å². The van der Waals surface area contributed by atoms with Gasteiger partial charge in [-0.1, -0.05) is 46.6 Å². The van der Waals surface area contributed by atoms with Crippen LogP contribution in [-0.2, 0) is 19.1 Å². The van der Waals surface area contributed by atoms with Crippen LogP contribution >= 0.6 is 0 Å². The predicted molar refractivity (Wildman–Crippen MR) is 189 cm³/mol. The molecule has 268 valence electrons. The molecule has 48 heavy (non-hydrogen) atoms. The quantitative estimate of drug-likeness (QED) is 0.233. The van der Waals surface area contributed by atoms with Gasteiger partial charge in [-0.3, -0.25) is 19.3 Å². The molecule has 0 aromatic rings. The van der Waals surface area contributed by atoms with Crippen molar-refractivity contribution in [2.45, 2.75) is 155 Å². The summed E-state index contributed by atoms with van der Waals surface area (Å²) in [6, 6.07) is 0.436. The molecular formula is C41H65N3O4. The van der Waals surface area contributed by atoms with E-state index in [0.29, 0.717) is 66.5 Å². The van der Waals surface area contributed by atoms with Crippen molar-refractivity contribution >= 4 is 17.6 Å². The van der Waals surface area contributed by atoms with Crippen molar-refractivity contribution in [1.82, 2.24) is 15.5 Å². The van der Waals surface area contributed by atoms with Crippen LogP contribution in [0.2, 0.25) is 0 Å². The lowest BCUT2D eigenvalue weighted by Gasteiger charge is -2.48.